The van der Waals surface area contributed by atoms with Crippen molar-refractivity contribution in [2.24, 2.45) is 17.6 Å². The van der Waals surface area contributed by atoms with Gasteiger partial charge in [-0.15, -0.1) is 0 Å². The quantitative estimate of drug-likeness (QED) is 0.0825. The molecule has 0 radical (unpaired) electrons. The Labute approximate surface area is 319 Å². The standard InChI is InChI=1S/C39H43F4N7O6/c1-21-17-28(34(53)45-22(2)20-51)13-16-30(21)25-7-3-23(4-8-25)18-31(47-33(52)27-9-5-24(19-44)6-10-27)35(54)46-29-14-11-26(12-15-29)32-48-36(50-49-32)38(40,41)39(42,43)37(55)56/h3-4,7-8,11-17,22,24,27,31,51H,5-6,9-10,18-20,44H2,1-2H3,(H,45,53)(H,46,54)(H,47,52)(H,55,56)(H,48,49,50). The Morgan fingerprint density at radius 3 is 2.16 bits per heavy atom. The van der Waals surface area contributed by atoms with E-state index in [1.807, 2.05) is 37.3 Å². The molecule has 13 nitrogen and oxygen atoms in total. The van der Waals surface area contributed by atoms with Crippen molar-refractivity contribution in [2.45, 2.75) is 69.9 Å². The molecule has 0 spiro atoms. The largest absolute Gasteiger partial charge is 0.477 e. The van der Waals surface area contributed by atoms with E-state index in [0.29, 0.717) is 30.9 Å². The van der Waals surface area contributed by atoms with E-state index in [1.54, 1.807) is 24.2 Å². The van der Waals surface area contributed by atoms with Crippen LogP contribution in [0.15, 0.2) is 66.7 Å². The molecule has 0 bridgehead atoms. The predicted octanol–water partition coefficient (Wildman–Crippen LogP) is 4.80. The van der Waals surface area contributed by atoms with Gasteiger partial charge < -0.3 is 31.9 Å². The number of nitrogens with one attached hydrogen (secondary N) is 4. The molecule has 0 saturated heterocycles. The zero-order chi connectivity index (χ0) is 40.8. The average molecular weight is 782 g/mol. The van der Waals surface area contributed by atoms with Crippen LogP contribution in [0.4, 0.5) is 23.2 Å². The lowest BCUT2D eigenvalue weighted by molar-refractivity contribution is -0.231. The molecule has 1 heterocycles. The fourth-order valence-corrected chi connectivity index (χ4v) is 6.44. The van der Waals surface area contributed by atoms with E-state index in [-0.39, 0.29) is 42.0 Å². The van der Waals surface area contributed by atoms with Crippen LogP contribution in [0.1, 0.15) is 59.9 Å². The van der Waals surface area contributed by atoms with Crippen LogP contribution in [0.5, 0.6) is 0 Å². The van der Waals surface area contributed by atoms with Crippen LogP contribution in [0.3, 0.4) is 0 Å². The minimum Gasteiger partial charge on any atom is -0.477 e. The van der Waals surface area contributed by atoms with Crippen LogP contribution < -0.4 is 21.7 Å². The first kappa shape index (κ1) is 41.5. The van der Waals surface area contributed by atoms with E-state index in [0.717, 1.165) is 35.1 Å². The SMILES string of the molecule is Cc1cc(C(=O)NC(C)CO)ccc1-c1ccc(CC(NC(=O)C2CCC(CN)CC2)C(=O)Nc2ccc(-c3n[nH]c(C(F)(F)C(F)(F)C(=O)O)n3)cc2)cc1. The maximum Gasteiger partial charge on any atom is 0.411 e. The maximum absolute atomic E-state index is 14.2. The van der Waals surface area contributed by atoms with Crippen LogP contribution in [0, 0.1) is 18.8 Å². The summed E-state index contributed by atoms with van der Waals surface area (Å²) in [5, 5.41) is 31.4. The number of aromatic amines is 1. The molecule has 3 aromatic carbocycles. The molecular weight excluding hydrogens is 738 g/mol. The second-order valence-electron chi connectivity index (χ2n) is 14.0. The van der Waals surface area contributed by atoms with Gasteiger partial charge in [0.25, 0.3) is 5.91 Å². The number of carbonyl (C=O) groups is 4. The number of alkyl halides is 4. The number of H-pyrrole nitrogens is 1. The van der Waals surface area contributed by atoms with E-state index in [4.69, 9.17) is 10.8 Å². The van der Waals surface area contributed by atoms with Crippen LogP contribution >= 0.6 is 0 Å². The van der Waals surface area contributed by atoms with E-state index >= 15 is 0 Å². The van der Waals surface area contributed by atoms with Crippen LogP contribution in [0.25, 0.3) is 22.5 Å². The molecule has 1 saturated carbocycles. The number of carboxylic acid groups (broad SMARTS) is 1. The molecule has 8 N–H and O–H groups in total. The molecule has 17 heteroatoms. The van der Waals surface area contributed by atoms with Gasteiger partial charge in [0.15, 0.2) is 5.82 Å². The molecule has 1 aliphatic rings. The van der Waals surface area contributed by atoms with E-state index < -0.39 is 47.5 Å². The number of nitrogens with two attached hydrogens (primary N) is 1. The molecule has 3 amide bonds. The van der Waals surface area contributed by atoms with Crippen molar-refractivity contribution in [1.82, 2.24) is 25.8 Å². The van der Waals surface area contributed by atoms with Gasteiger partial charge in [-0.1, -0.05) is 30.3 Å². The number of aliphatic carboxylic acids is 1. The zero-order valence-electron chi connectivity index (χ0n) is 30.6. The van der Waals surface area contributed by atoms with Crippen LogP contribution in [-0.4, -0.2) is 80.2 Å². The molecule has 298 valence electrons. The Morgan fingerprint density at radius 2 is 1.57 bits per heavy atom. The second-order valence-corrected chi connectivity index (χ2v) is 14.0. The lowest BCUT2D eigenvalue weighted by Crippen LogP contribution is -2.48. The summed E-state index contributed by atoms with van der Waals surface area (Å²) in [5.74, 6) is -16.7. The van der Waals surface area contributed by atoms with Gasteiger partial charge in [0.2, 0.25) is 17.6 Å². The zero-order valence-corrected chi connectivity index (χ0v) is 30.6. The molecule has 2 atom stereocenters. The Kier molecular flexibility index (Phi) is 12.9. The lowest BCUT2D eigenvalue weighted by Gasteiger charge is -2.28. The van der Waals surface area contributed by atoms with Gasteiger partial charge >= 0.3 is 17.8 Å². The number of benzene rings is 3. The van der Waals surface area contributed by atoms with Crippen molar-refractivity contribution in [3.8, 4) is 22.5 Å². The van der Waals surface area contributed by atoms with E-state index in [2.05, 4.69) is 26.0 Å². The predicted molar refractivity (Wildman–Crippen MR) is 198 cm³/mol. The smallest absolute Gasteiger partial charge is 0.411 e. The summed E-state index contributed by atoms with van der Waals surface area (Å²) in [5.41, 5.74) is 9.98. The third-order valence-electron chi connectivity index (χ3n) is 9.88. The third-order valence-corrected chi connectivity index (χ3v) is 9.88. The van der Waals surface area contributed by atoms with Crippen molar-refractivity contribution in [3.63, 3.8) is 0 Å². The first-order chi connectivity index (χ1) is 26.5. The van der Waals surface area contributed by atoms with Crippen LogP contribution in [-0.2, 0) is 26.7 Å². The van der Waals surface area contributed by atoms with Gasteiger partial charge in [-0.05, 0) is 111 Å². The minimum atomic E-state index is -5.44. The molecule has 5 rings (SSSR count). The number of hydrogen-bond acceptors (Lipinski definition) is 8. The highest BCUT2D eigenvalue weighted by atomic mass is 19.3. The molecule has 56 heavy (non-hydrogen) atoms. The van der Waals surface area contributed by atoms with Gasteiger partial charge in [0.05, 0.1) is 6.61 Å². The van der Waals surface area contributed by atoms with E-state index in [9.17, 15) is 41.8 Å². The molecule has 1 aromatic heterocycles. The first-order valence-electron chi connectivity index (χ1n) is 18.0. The highest BCUT2D eigenvalue weighted by molar-refractivity contribution is 5.98. The number of nitrogens with zero attached hydrogens (tertiary/aromatic N) is 2. The highest BCUT2D eigenvalue weighted by Gasteiger charge is 2.65. The Morgan fingerprint density at radius 1 is 0.929 bits per heavy atom. The normalized spacial score (nSPS) is 17.1. The van der Waals surface area contributed by atoms with Crippen molar-refractivity contribution in [3.05, 3.63) is 89.2 Å². The van der Waals surface area contributed by atoms with Crippen molar-refractivity contribution >= 4 is 29.4 Å². The number of hydrogen-bond donors (Lipinski definition) is 7. The molecule has 4 aromatic rings. The van der Waals surface area contributed by atoms with Gasteiger partial charge in [0.1, 0.15) is 6.04 Å². The Balaban J connectivity index is 1.31. The number of halogens is 4. The first-order valence-corrected chi connectivity index (χ1v) is 18.0. The summed E-state index contributed by atoms with van der Waals surface area (Å²) in [6.07, 6.45) is 3.02. The van der Waals surface area contributed by atoms with Crippen molar-refractivity contribution in [2.75, 3.05) is 18.5 Å². The highest BCUT2D eigenvalue weighted by Crippen LogP contribution is 2.42. The number of aliphatic hydroxyl groups excluding tert-OH is 1. The van der Waals surface area contributed by atoms with Crippen molar-refractivity contribution < 1.29 is 47.0 Å². The number of aryl methyl sites for hydroxylation is 1. The fourth-order valence-electron chi connectivity index (χ4n) is 6.44. The summed E-state index contributed by atoms with van der Waals surface area (Å²) in [7, 11) is 0. The maximum atomic E-state index is 14.2. The number of aliphatic hydroxyl groups is 1. The summed E-state index contributed by atoms with van der Waals surface area (Å²) < 4.78 is 55.8. The number of anilines is 1. The van der Waals surface area contributed by atoms with Gasteiger partial charge in [-0.25, -0.2) is 9.78 Å². The number of amides is 3. The molecule has 1 fully saturated rings. The van der Waals surface area contributed by atoms with Gasteiger partial charge in [0, 0.05) is 35.2 Å². The van der Waals surface area contributed by atoms with Gasteiger partial charge in [-0.2, -0.15) is 22.7 Å². The second kappa shape index (κ2) is 17.4. The number of aromatic nitrogens is 3. The van der Waals surface area contributed by atoms with Crippen LogP contribution in [0.2, 0.25) is 0 Å². The minimum absolute atomic E-state index is 0.0994. The average Bonchev–Trinajstić information content (AvgIpc) is 3.69. The van der Waals surface area contributed by atoms with E-state index in [1.165, 1.54) is 24.3 Å². The summed E-state index contributed by atoms with van der Waals surface area (Å²) >= 11 is 0. The Hall–Kier alpha value is -5.68. The van der Waals surface area contributed by atoms with Crippen molar-refractivity contribution in [1.29, 1.82) is 0 Å². The monoisotopic (exact) mass is 781 g/mol. The van der Waals surface area contributed by atoms with Gasteiger partial charge in [-0.3, -0.25) is 19.5 Å². The summed E-state index contributed by atoms with van der Waals surface area (Å²) in [6.45, 7) is 3.94. The number of carbonyl (C=O) groups excluding carboxylic acids is 3. The molecular formula is C39H43F4N7O6. The topological polar surface area (TPSA) is 212 Å². The molecule has 1 aliphatic carbocycles. The Bertz CT molecular complexity index is 2030. The molecule has 2 unspecified atom stereocenters. The fraction of sp³-hybridized carbons (Fsp3) is 0.385. The summed E-state index contributed by atoms with van der Waals surface area (Å²) in [6, 6.07) is 16.8. The molecule has 0 aliphatic heterocycles. The number of rotatable bonds is 15. The lowest BCUT2D eigenvalue weighted by atomic mass is 9.81. The number of carboxylic acids is 1. The third kappa shape index (κ3) is 9.39. The summed E-state index contributed by atoms with van der Waals surface area (Å²) in [4.78, 5) is 53.8.